The first-order valence-electron chi connectivity index (χ1n) is 8.70. The molecular weight excluding hydrogens is 342 g/mol. The van der Waals surface area contributed by atoms with E-state index in [1.165, 1.54) is 4.31 Å². The van der Waals surface area contributed by atoms with Gasteiger partial charge in [0.15, 0.2) is 0 Å². The Kier molecular flexibility index (Phi) is 4.75. The first-order valence-corrected chi connectivity index (χ1v) is 10.1. The molecule has 1 spiro atoms. The van der Waals surface area contributed by atoms with E-state index in [1.807, 2.05) is 19.1 Å². The van der Waals surface area contributed by atoms with Gasteiger partial charge in [-0.25, -0.2) is 8.42 Å². The highest BCUT2D eigenvalue weighted by atomic mass is 32.2. The fourth-order valence-electron chi connectivity index (χ4n) is 3.89. The number of sulfonamides is 1. The van der Waals surface area contributed by atoms with Crippen molar-refractivity contribution in [2.75, 3.05) is 19.7 Å². The first-order chi connectivity index (χ1) is 11.6. The van der Waals surface area contributed by atoms with Gasteiger partial charge in [0.25, 0.3) is 0 Å². The Hall–Kier alpha value is -0.990. The number of piperidine rings is 1. The van der Waals surface area contributed by atoms with Crippen LogP contribution in [0.4, 0.5) is 0 Å². The van der Waals surface area contributed by atoms with E-state index in [0.717, 1.165) is 11.1 Å². The highest BCUT2D eigenvalue weighted by molar-refractivity contribution is 7.89. The summed E-state index contributed by atoms with van der Waals surface area (Å²) in [5.74, 6) is 0. The van der Waals surface area contributed by atoms with Gasteiger partial charge in [-0.15, -0.1) is 0 Å². The molecule has 1 unspecified atom stereocenters. The molecule has 0 aromatic heterocycles. The van der Waals surface area contributed by atoms with Crippen LogP contribution in [-0.2, 0) is 14.8 Å². The van der Waals surface area contributed by atoms with Gasteiger partial charge in [0, 0.05) is 19.5 Å². The first kappa shape index (κ1) is 18.8. The van der Waals surface area contributed by atoms with E-state index >= 15 is 0 Å². The lowest BCUT2D eigenvalue weighted by Crippen LogP contribution is -2.64. The van der Waals surface area contributed by atoms with Crippen LogP contribution in [0.5, 0.6) is 0 Å². The Morgan fingerprint density at radius 2 is 1.84 bits per heavy atom. The summed E-state index contributed by atoms with van der Waals surface area (Å²) in [6, 6.07) is 5.42. The summed E-state index contributed by atoms with van der Waals surface area (Å²) in [5.41, 5.74) is -0.440. The Bertz CT molecular complexity index is 751. The van der Waals surface area contributed by atoms with Crippen molar-refractivity contribution in [2.45, 2.75) is 62.2 Å². The zero-order valence-corrected chi connectivity index (χ0v) is 15.8. The van der Waals surface area contributed by atoms with Crippen LogP contribution in [-0.4, -0.2) is 59.9 Å². The molecule has 2 heterocycles. The standard InChI is InChI=1S/C18H27NO5S/c1-13-4-5-14(2)15(12-13)25(22,23)19-9-6-18(7-10-19)16(20)17(3,21)8-11-24-18/h4-5,12,16,20-21H,6-11H2,1-3H3/t16?,17-/m1/s1. The third-order valence-corrected chi connectivity index (χ3v) is 7.66. The minimum atomic E-state index is -3.58. The number of rotatable bonds is 2. The molecule has 2 fully saturated rings. The van der Waals surface area contributed by atoms with Crippen molar-refractivity contribution in [3.05, 3.63) is 29.3 Å². The van der Waals surface area contributed by atoms with Crippen molar-refractivity contribution in [3.8, 4) is 0 Å². The lowest BCUT2D eigenvalue weighted by Gasteiger charge is -2.51. The molecular formula is C18H27NO5S. The van der Waals surface area contributed by atoms with Crippen LogP contribution in [0.1, 0.15) is 37.3 Å². The molecule has 7 heteroatoms. The molecule has 2 atom stereocenters. The van der Waals surface area contributed by atoms with Crippen LogP contribution in [0, 0.1) is 13.8 Å². The third-order valence-electron chi connectivity index (χ3n) is 5.62. The number of hydrogen-bond acceptors (Lipinski definition) is 5. The number of benzene rings is 1. The van der Waals surface area contributed by atoms with E-state index < -0.39 is 27.3 Å². The van der Waals surface area contributed by atoms with Crippen molar-refractivity contribution in [1.82, 2.24) is 4.31 Å². The maximum Gasteiger partial charge on any atom is 0.243 e. The smallest absolute Gasteiger partial charge is 0.243 e. The highest BCUT2D eigenvalue weighted by Gasteiger charge is 2.53. The molecule has 1 aromatic rings. The second-order valence-electron chi connectivity index (χ2n) is 7.60. The van der Waals surface area contributed by atoms with E-state index in [1.54, 1.807) is 19.9 Å². The lowest BCUT2D eigenvalue weighted by molar-refractivity contribution is -0.243. The van der Waals surface area contributed by atoms with Gasteiger partial charge in [0.1, 0.15) is 6.10 Å². The highest BCUT2D eigenvalue weighted by Crippen LogP contribution is 2.40. The maximum absolute atomic E-state index is 13.0. The molecule has 0 bridgehead atoms. The molecule has 2 saturated heterocycles. The van der Waals surface area contributed by atoms with Crippen LogP contribution < -0.4 is 0 Å². The number of nitrogens with zero attached hydrogens (tertiary/aromatic N) is 1. The minimum Gasteiger partial charge on any atom is -0.387 e. The summed E-state index contributed by atoms with van der Waals surface area (Å²) in [6.45, 7) is 6.18. The zero-order chi connectivity index (χ0) is 18.5. The lowest BCUT2D eigenvalue weighted by atomic mass is 9.75. The summed E-state index contributed by atoms with van der Waals surface area (Å²) >= 11 is 0. The number of hydrogen-bond donors (Lipinski definition) is 2. The van der Waals surface area contributed by atoms with Gasteiger partial charge < -0.3 is 14.9 Å². The van der Waals surface area contributed by atoms with E-state index in [2.05, 4.69) is 0 Å². The number of aliphatic hydroxyl groups is 2. The monoisotopic (exact) mass is 369 g/mol. The summed E-state index contributed by atoms with van der Waals surface area (Å²) in [7, 11) is -3.58. The fourth-order valence-corrected chi connectivity index (χ4v) is 5.64. The van der Waals surface area contributed by atoms with Crippen molar-refractivity contribution in [2.24, 2.45) is 0 Å². The van der Waals surface area contributed by atoms with E-state index in [4.69, 9.17) is 4.74 Å². The Morgan fingerprint density at radius 3 is 2.48 bits per heavy atom. The van der Waals surface area contributed by atoms with Gasteiger partial charge in [-0.1, -0.05) is 12.1 Å². The van der Waals surface area contributed by atoms with Crippen molar-refractivity contribution >= 4 is 10.0 Å². The van der Waals surface area contributed by atoms with Crippen LogP contribution in [0.15, 0.2) is 23.1 Å². The molecule has 3 rings (SSSR count). The van der Waals surface area contributed by atoms with Gasteiger partial charge in [0.05, 0.1) is 22.7 Å². The van der Waals surface area contributed by atoms with Crippen LogP contribution in [0.25, 0.3) is 0 Å². The molecule has 2 N–H and O–H groups in total. The molecule has 0 saturated carbocycles. The summed E-state index contributed by atoms with van der Waals surface area (Å²) in [4.78, 5) is 0.334. The molecule has 0 amide bonds. The molecule has 1 aromatic carbocycles. The normalized spacial score (nSPS) is 30.5. The Labute approximate surface area is 149 Å². The summed E-state index contributed by atoms with van der Waals surface area (Å²) < 4.78 is 33.3. The predicted octanol–water partition coefficient (Wildman–Crippen LogP) is 1.36. The van der Waals surface area contributed by atoms with Crippen LogP contribution in [0.3, 0.4) is 0 Å². The largest absolute Gasteiger partial charge is 0.387 e. The topological polar surface area (TPSA) is 87.1 Å². The predicted molar refractivity (Wildman–Crippen MR) is 93.8 cm³/mol. The second kappa shape index (κ2) is 6.32. The molecule has 0 radical (unpaired) electrons. The van der Waals surface area contributed by atoms with Gasteiger partial charge in [-0.3, -0.25) is 0 Å². The average molecular weight is 369 g/mol. The third kappa shape index (κ3) is 3.24. The summed E-state index contributed by atoms with van der Waals surface area (Å²) in [6.07, 6.45) is 0.0998. The van der Waals surface area contributed by atoms with E-state index in [-0.39, 0.29) is 13.1 Å². The van der Waals surface area contributed by atoms with Gasteiger partial charge in [-0.05, 0) is 50.8 Å². The molecule has 25 heavy (non-hydrogen) atoms. The molecule has 2 aliphatic heterocycles. The fraction of sp³-hybridized carbons (Fsp3) is 0.667. The molecule has 0 aliphatic carbocycles. The van der Waals surface area contributed by atoms with Gasteiger partial charge in [-0.2, -0.15) is 4.31 Å². The zero-order valence-electron chi connectivity index (χ0n) is 15.0. The van der Waals surface area contributed by atoms with Gasteiger partial charge in [0.2, 0.25) is 10.0 Å². The number of aliphatic hydroxyl groups excluding tert-OH is 1. The van der Waals surface area contributed by atoms with Crippen LogP contribution in [0.2, 0.25) is 0 Å². The number of aryl methyl sites for hydroxylation is 2. The van der Waals surface area contributed by atoms with E-state index in [0.29, 0.717) is 30.8 Å². The van der Waals surface area contributed by atoms with Crippen molar-refractivity contribution in [1.29, 1.82) is 0 Å². The average Bonchev–Trinajstić information content (AvgIpc) is 2.55. The Balaban J connectivity index is 1.81. The molecule has 6 nitrogen and oxygen atoms in total. The molecule has 2 aliphatic rings. The minimum absolute atomic E-state index is 0.267. The number of ether oxygens (including phenoxy) is 1. The van der Waals surface area contributed by atoms with E-state index in [9.17, 15) is 18.6 Å². The van der Waals surface area contributed by atoms with Crippen molar-refractivity contribution < 1.29 is 23.4 Å². The van der Waals surface area contributed by atoms with Gasteiger partial charge >= 0.3 is 0 Å². The molecule has 140 valence electrons. The van der Waals surface area contributed by atoms with Crippen molar-refractivity contribution in [3.63, 3.8) is 0 Å². The maximum atomic E-state index is 13.0. The van der Waals surface area contributed by atoms with Crippen LogP contribution >= 0.6 is 0 Å². The SMILES string of the molecule is Cc1ccc(C)c(S(=O)(=O)N2CCC3(CC2)OCC[C@@](C)(O)C3O)c1. The summed E-state index contributed by atoms with van der Waals surface area (Å²) in [5, 5.41) is 20.9. The second-order valence-corrected chi connectivity index (χ2v) is 9.50. The Morgan fingerprint density at radius 1 is 1.20 bits per heavy atom. The quantitative estimate of drug-likeness (QED) is 0.822.